The van der Waals surface area contributed by atoms with Crippen LogP contribution in [0.3, 0.4) is 0 Å². The van der Waals surface area contributed by atoms with Gasteiger partial charge in [0.05, 0.1) is 13.2 Å². The Morgan fingerprint density at radius 3 is 2.27 bits per heavy atom. The maximum absolute atomic E-state index is 15.1. The van der Waals surface area contributed by atoms with E-state index in [-0.39, 0.29) is 17.3 Å². The van der Waals surface area contributed by atoms with Crippen molar-refractivity contribution >= 4 is 0 Å². The molecule has 37 heavy (non-hydrogen) atoms. The van der Waals surface area contributed by atoms with Gasteiger partial charge in [0.25, 0.3) is 0 Å². The number of rotatable bonds is 11. The van der Waals surface area contributed by atoms with Gasteiger partial charge in [-0.2, -0.15) is 0 Å². The lowest BCUT2D eigenvalue weighted by Crippen LogP contribution is -2.16. The Morgan fingerprint density at radius 2 is 1.59 bits per heavy atom. The molecule has 0 amide bonds. The molecule has 3 aromatic carbocycles. The van der Waals surface area contributed by atoms with Crippen LogP contribution in [0.15, 0.2) is 67.3 Å². The van der Waals surface area contributed by atoms with E-state index in [9.17, 15) is 4.39 Å². The van der Waals surface area contributed by atoms with Crippen molar-refractivity contribution in [1.29, 1.82) is 0 Å². The first-order chi connectivity index (χ1) is 18.0. The maximum Gasteiger partial charge on any atom is 0.166 e. The molecule has 1 saturated carbocycles. The van der Waals surface area contributed by atoms with Gasteiger partial charge in [0, 0.05) is 11.6 Å². The summed E-state index contributed by atoms with van der Waals surface area (Å²) in [5.74, 6) is -0.0857. The second-order valence-corrected chi connectivity index (χ2v) is 9.72. The number of hydrogen-bond acceptors (Lipinski definition) is 2. The smallest absolute Gasteiger partial charge is 0.166 e. The van der Waals surface area contributed by atoms with Crippen molar-refractivity contribution in [2.75, 3.05) is 13.2 Å². The molecule has 0 radical (unpaired) electrons. The summed E-state index contributed by atoms with van der Waals surface area (Å²) in [6, 6.07) is 15.5. The largest absolute Gasteiger partial charge is 0.494 e. The Hall–Kier alpha value is -3.21. The Bertz CT molecular complexity index is 1180. The van der Waals surface area contributed by atoms with Crippen LogP contribution in [0.1, 0.15) is 62.5 Å². The lowest BCUT2D eigenvalue weighted by molar-refractivity contribution is 0.303. The molecular formula is C32H35F3O2. The van der Waals surface area contributed by atoms with Crippen LogP contribution in [0, 0.1) is 23.4 Å². The third kappa shape index (κ3) is 6.76. The highest BCUT2D eigenvalue weighted by molar-refractivity contribution is 5.65. The minimum Gasteiger partial charge on any atom is -0.494 e. The molecule has 0 unspecified atom stereocenters. The van der Waals surface area contributed by atoms with Gasteiger partial charge in [0.2, 0.25) is 0 Å². The van der Waals surface area contributed by atoms with Crippen LogP contribution < -0.4 is 9.47 Å². The van der Waals surface area contributed by atoms with E-state index >= 15 is 8.78 Å². The van der Waals surface area contributed by atoms with Crippen molar-refractivity contribution < 1.29 is 22.6 Å². The molecule has 0 aromatic heterocycles. The number of halogens is 3. The predicted octanol–water partition coefficient (Wildman–Crippen LogP) is 9.03. The van der Waals surface area contributed by atoms with Crippen molar-refractivity contribution in [3.63, 3.8) is 0 Å². The normalized spacial score (nSPS) is 17.4. The molecule has 0 heterocycles. The SMILES string of the molecule is C=CCCOc1ccc(CCC2CCC(c3ccc(-c4ccc(OCC)cc4)c(F)c3F)CC2)c(F)c1. The minimum absolute atomic E-state index is 0.00358. The van der Waals surface area contributed by atoms with E-state index in [1.165, 1.54) is 6.07 Å². The molecule has 5 heteroatoms. The summed E-state index contributed by atoms with van der Waals surface area (Å²) in [6.45, 7) is 6.59. The van der Waals surface area contributed by atoms with Crippen molar-refractivity contribution in [3.05, 3.63) is 95.8 Å². The van der Waals surface area contributed by atoms with Gasteiger partial charge in [-0.05, 0) is 98.6 Å². The summed E-state index contributed by atoms with van der Waals surface area (Å²) in [5, 5.41) is 0. The number of benzene rings is 3. The highest BCUT2D eigenvalue weighted by atomic mass is 19.2. The highest BCUT2D eigenvalue weighted by Crippen LogP contribution is 2.40. The number of hydrogen-bond donors (Lipinski definition) is 0. The highest BCUT2D eigenvalue weighted by Gasteiger charge is 2.26. The topological polar surface area (TPSA) is 18.5 Å². The molecule has 1 fully saturated rings. The second-order valence-electron chi connectivity index (χ2n) is 9.72. The van der Waals surface area contributed by atoms with Crippen molar-refractivity contribution in [2.45, 2.75) is 57.8 Å². The van der Waals surface area contributed by atoms with Gasteiger partial charge in [-0.15, -0.1) is 6.58 Å². The zero-order valence-electron chi connectivity index (χ0n) is 21.4. The molecule has 0 atom stereocenters. The fourth-order valence-corrected chi connectivity index (χ4v) is 5.20. The number of ether oxygens (including phenoxy) is 2. The monoisotopic (exact) mass is 508 g/mol. The van der Waals surface area contributed by atoms with Crippen LogP contribution in [0.2, 0.25) is 0 Å². The molecule has 0 spiro atoms. The van der Waals surface area contributed by atoms with Gasteiger partial charge in [0.1, 0.15) is 17.3 Å². The van der Waals surface area contributed by atoms with Gasteiger partial charge in [-0.1, -0.05) is 36.4 Å². The summed E-state index contributed by atoms with van der Waals surface area (Å²) in [7, 11) is 0. The first kappa shape index (κ1) is 26.8. The summed E-state index contributed by atoms with van der Waals surface area (Å²) in [6.07, 6.45) is 7.50. The van der Waals surface area contributed by atoms with Gasteiger partial charge in [-0.3, -0.25) is 0 Å². The predicted molar refractivity (Wildman–Crippen MR) is 143 cm³/mol. The Balaban J connectivity index is 1.32. The van der Waals surface area contributed by atoms with E-state index in [4.69, 9.17) is 9.47 Å². The zero-order chi connectivity index (χ0) is 26.2. The molecule has 196 valence electrons. The Labute approximate surface area is 218 Å². The lowest BCUT2D eigenvalue weighted by Gasteiger charge is -2.29. The summed E-state index contributed by atoms with van der Waals surface area (Å²) in [5.41, 5.74) is 2.04. The van der Waals surface area contributed by atoms with Crippen molar-refractivity contribution in [1.82, 2.24) is 0 Å². The zero-order valence-corrected chi connectivity index (χ0v) is 21.4. The van der Waals surface area contributed by atoms with E-state index in [2.05, 4.69) is 6.58 Å². The van der Waals surface area contributed by atoms with Crippen LogP contribution in [-0.4, -0.2) is 13.2 Å². The maximum atomic E-state index is 15.1. The number of aryl methyl sites for hydroxylation is 1. The summed E-state index contributed by atoms with van der Waals surface area (Å²) < 4.78 is 55.6. The van der Waals surface area contributed by atoms with Crippen LogP contribution >= 0.6 is 0 Å². The third-order valence-corrected chi connectivity index (χ3v) is 7.31. The van der Waals surface area contributed by atoms with Gasteiger partial charge in [0.15, 0.2) is 11.6 Å². The quantitative estimate of drug-likeness (QED) is 0.190. The van der Waals surface area contributed by atoms with Crippen molar-refractivity contribution in [2.24, 2.45) is 5.92 Å². The second kappa shape index (κ2) is 12.8. The fraction of sp³-hybridized carbons (Fsp3) is 0.375. The summed E-state index contributed by atoms with van der Waals surface area (Å²) in [4.78, 5) is 0. The Kier molecular flexibility index (Phi) is 9.32. The van der Waals surface area contributed by atoms with Crippen LogP contribution in [0.4, 0.5) is 13.2 Å². The van der Waals surface area contributed by atoms with E-state index in [0.717, 1.165) is 38.5 Å². The lowest BCUT2D eigenvalue weighted by atomic mass is 9.76. The van der Waals surface area contributed by atoms with Crippen LogP contribution in [-0.2, 0) is 6.42 Å². The minimum atomic E-state index is -0.795. The van der Waals surface area contributed by atoms with Crippen LogP contribution in [0.25, 0.3) is 11.1 Å². The summed E-state index contributed by atoms with van der Waals surface area (Å²) >= 11 is 0. The fourth-order valence-electron chi connectivity index (χ4n) is 5.20. The molecular weight excluding hydrogens is 473 g/mol. The van der Waals surface area contributed by atoms with E-state index < -0.39 is 11.6 Å². The standard InChI is InChI=1S/C32H35F3O2/c1-3-5-20-37-27-17-14-25(30(33)21-27)11-8-22-6-9-23(10-7-22)28-18-19-29(32(35)31(28)34)24-12-15-26(16-13-24)36-4-2/h3,12-19,21-23H,1,4-11,20H2,2H3. The molecule has 3 aromatic rings. The van der Waals surface area contributed by atoms with Crippen LogP contribution in [0.5, 0.6) is 11.5 Å². The molecule has 4 rings (SSSR count). The van der Waals surface area contributed by atoms with Gasteiger partial charge >= 0.3 is 0 Å². The third-order valence-electron chi connectivity index (χ3n) is 7.31. The molecule has 0 aliphatic heterocycles. The van der Waals surface area contributed by atoms with Gasteiger partial charge < -0.3 is 9.47 Å². The molecule has 1 aliphatic carbocycles. The molecule has 1 aliphatic rings. The van der Waals surface area contributed by atoms with Crippen molar-refractivity contribution in [3.8, 4) is 22.6 Å². The van der Waals surface area contributed by atoms with Gasteiger partial charge in [-0.25, -0.2) is 13.2 Å². The first-order valence-electron chi connectivity index (χ1n) is 13.2. The molecule has 0 saturated heterocycles. The first-order valence-corrected chi connectivity index (χ1v) is 13.2. The average Bonchev–Trinajstić information content (AvgIpc) is 2.91. The molecule has 2 nitrogen and oxygen atoms in total. The van der Waals surface area contributed by atoms with E-state index in [1.807, 2.05) is 13.0 Å². The Morgan fingerprint density at radius 1 is 0.865 bits per heavy atom. The molecule has 0 bridgehead atoms. The average molecular weight is 509 g/mol. The van der Waals surface area contributed by atoms with E-state index in [1.54, 1.807) is 48.5 Å². The van der Waals surface area contributed by atoms with E-state index in [0.29, 0.717) is 53.7 Å². The molecule has 0 N–H and O–H groups in total.